The standard InChI is InChI=1S/C22H21F2N5O4S/c1-32-14-8-13(9-15(11-14)33-2)26-22(31)29-7-3-4-18(29)20-27-28-21(34-20)19(30)25-12-5-6-16(23)17(24)10-12/h5-6,8-11,18H,3-4,7H2,1-2H3,(H,25,30)(H,26,31)/t18-/m0/s1. The van der Waals surface area contributed by atoms with Crippen molar-refractivity contribution in [3.8, 4) is 11.5 Å². The van der Waals surface area contributed by atoms with Crippen molar-refractivity contribution in [2.75, 3.05) is 31.4 Å². The number of halogens is 2. The zero-order valence-electron chi connectivity index (χ0n) is 18.3. The summed E-state index contributed by atoms with van der Waals surface area (Å²) >= 11 is 1.04. The highest BCUT2D eigenvalue weighted by Crippen LogP contribution is 2.35. The minimum atomic E-state index is -1.07. The summed E-state index contributed by atoms with van der Waals surface area (Å²) in [6.45, 7) is 0.508. The van der Waals surface area contributed by atoms with E-state index < -0.39 is 17.5 Å². The molecule has 1 aliphatic heterocycles. The summed E-state index contributed by atoms with van der Waals surface area (Å²) in [6.07, 6.45) is 1.42. The lowest BCUT2D eigenvalue weighted by molar-refractivity contribution is 0.102. The molecule has 2 heterocycles. The number of anilines is 2. The molecule has 3 aromatic rings. The van der Waals surface area contributed by atoms with Gasteiger partial charge in [0.2, 0.25) is 5.01 Å². The van der Waals surface area contributed by atoms with Crippen LogP contribution in [0.2, 0.25) is 0 Å². The van der Waals surface area contributed by atoms with Gasteiger partial charge < -0.3 is 25.0 Å². The van der Waals surface area contributed by atoms with Crippen molar-refractivity contribution >= 4 is 34.6 Å². The van der Waals surface area contributed by atoms with Gasteiger partial charge in [-0.15, -0.1) is 10.2 Å². The highest BCUT2D eigenvalue weighted by molar-refractivity contribution is 7.13. The number of urea groups is 1. The Morgan fingerprint density at radius 1 is 1.00 bits per heavy atom. The number of hydrogen-bond donors (Lipinski definition) is 2. The van der Waals surface area contributed by atoms with Crippen LogP contribution in [0, 0.1) is 11.6 Å². The molecule has 0 bridgehead atoms. The minimum absolute atomic E-state index is 0.0459. The minimum Gasteiger partial charge on any atom is -0.497 e. The highest BCUT2D eigenvalue weighted by atomic mass is 32.1. The second-order valence-electron chi connectivity index (χ2n) is 7.41. The number of methoxy groups -OCH3 is 2. The Morgan fingerprint density at radius 2 is 1.74 bits per heavy atom. The van der Waals surface area contributed by atoms with Crippen molar-refractivity contribution in [1.82, 2.24) is 15.1 Å². The van der Waals surface area contributed by atoms with Crippen LogP contribution in [-0.4, -0.2) is 47.8 Å². The van der Waals surface area contributed by atoms with Crippen LogP contribution in [0.4, 0.5) is 25.0 Å². The van der Waals surface area contributed by atoms with Gasteiger partial charge in [0, 0.05) is 42.2 Å². The van der Waals surface area contributed by atoms with E-state index >= 15 is 0 Å². The normalized spacial score (nSPS) is 15.2. The molecule has 1 fully saturated rings. The zero-order valence-corrected chi connectivity index (χ0v) is 19.1. The van der Waals surface area contributed by atoms with Gasteiger partial charge in [0.05, 0.1) is 20.3 Å². The predicted molar refractivity (Wildman–Crippen MR) is 121 cm³/mol. The van der Waals surface area contributed by atoms with Gasteiger partial charge in [0.15, 0.2) is 11.6 Å². The molecule has 12 heteroatoms. The molecule has 0 spiro atoms. The average molecular weight is 490 g/mol. The predicted octanol–water partition coefficient (Wildman–Crippen LogP) is 4.45. The monoisotopic (exact) mass is 489 g/mol. The maximum absolute atomic E-state index is 13.4. The van der Waals surface area contributed by atoms with Crippen LogP contribution in [0.25, 0.3) is 0 Å². The van der Waals surface area contributed by atoms with Gasteiger partial charge in [-0.05, 0) is 25.0 Å². The molecule has 4 rings (SSSR count). The summed E-state index contributed by atoms with van der Waals surface area (Å²) in [5, 5.41) is 13.9. The van der Waals surface area contributed by atoms with Gasteiger partial charge in [-0.25, -0.2) is 13.6 Å². The molecule has 2 aromatic carbocycles. The summed E-state index contributed by atoms with van der Waals surface area (Å²) in [4.78, 5) is 27.1. The van der Waals surface area contributed by atoms with Crippen molar-refractivity contribution in [3.05, 3.63) is 58.0 Å². The lowest BCUT2D eigenvalue weighted by Gasteiger charge is -2.23. The quantitative estimate of drug-likeness (QED) is 0.530. The molecule has 3 amide bonds. The molecule has 1 aromatic heterocycles. The summed E-state index contributed by atoms with van der Waals surface area (Å²) in [6, 6.07) is 7.41. The fraction of sp³-hybridized carbons (Fsp3) is 0.273. The molecule has 9 nitrogen and oxygen atoms in total. The second-order valence-corrected chi connectivity index (χ2v) is 8.42. The molecule has 0 saturated carbocycles. The van der Waals surface area contributed by atoms with Crippen LogP contribution < -0.4 is 20.1 Å². The number of benzene rings is 2. The SMILES string of the molecule is COc1cc(NC(=O)N2CCC[C@H]2c2nnc(C(=O)Nc3ccc(F)c(F)c3)s2)cc(OC)c1. The van der Waals surface area contributed by atoms with E-state index in [0.717, 1.165) is 29.9 Å². The van der Waals surface area contributed by atoms with Crippen LogP contribution in [0.3, 0.4) is 0 Å². The Morgan fingerprint density at radius 3 is 2.41 bits per heavy atom. The van der Waals surface area contributed by atoms with Crippen LogP contribution in [0.1, 0.15) is 33.7 Å². The number of rotatable bonds is 6. The third-order valence-electron chi connectivity index (χ3n) is 5.21. The number of carbonyl (C=O) groups excluding carboxylic acids is 2. The van der Waals surface area contributed by atoms with E-state index in [0.29, 0.717) is 35.2 Å². The summed E-state index contributed by atoms with van der Waals surface area (Å²) in [7, 11) is 3.04. The van der Waals surface area contributed by atoms with Crippen molar-refractivity contribution in [3.63, 3.8) is 0 Å². The molecule has 1 atom stereocenters. The Labute approximate surface area is 197 Å². The second kappa shape index (κ2) is 10.00. The Bertz CT molecular complexity index is 1200. The molecular weight excluding hydrogens is 468 g/mol. The van der Waals surface area contributed by atoms with Gasteiger partial charge in [-0.1, -0.05) is 11.3 Å². The Balaban J connectivity index is 1.45. The molecule has 0 unspecified atom stereocenters. The molecule has 0 aliphatic carbocycles. The number of carbonyl (C=O) groups is 2. The number of ether oxygens (including phenoxy) is 2. The number of likely N-dealkylation sites (tertiary alicyclic amines) is 1. The summed E-state index contributed by atoms with van der Waals surface area (Å²) in [5.41, 5.74) is 0.604. The zero-order chi connectivity index (χ0) is 24.2. The largest absolute Gasteiger partial charge is 0.497 e. The van der Waals surface area contributed by atoms with E-state index in [-0.39, 0.29) is 22.8 Å². The fourth-order valence-corrected chi connectivity index (χ4v) is 4.45. The Hall–Kier alpha value is -3.80. The molecule has 1 saturated heterocycles. The molecule has 0 radical (unpaired) electrons. The third-order valence-corrected chi connectivity index (χ3v) is 6.24. The van der Waals surface area contributed by atoms with Crippen molar-refractivity contribution < 1.29 is 27.8 Å². The van der Waals surface area contributed by atoms with E-state index in [1.165, 1.54) is 20.3 Å². The van der Waals surface area contributed by atoms with Crippen LogP contribution in [0.5, 0.6) is 11.5 Å². The summed E-state index contributed by atoms with van der Waals surface area (Å²) < 4.78 is 37.0. The van der Waals surface area contributed by atoms with Gasteiger partial charge in [-0.2, -0.15) is 0 Å². The van der Waals surface area contributed by atoms with E-state index in [9.17, 15) is 18.4 Å². The van der Waals surface area contributed by atoms with E-state index in [1.54, 1.807) is 23.1 Å². The molecule has 1 aliphatic rings. The van der Waals surface area contributed by atoms with E-state index in [1.807, 2.05) is 0 Å². The molecule has 178 valence electrons. The fourth-order valence-electron chi connectivity index (χ4n) is 3.56. The first kappa shape index (κ1) is 23.4. The number of hydrogen-bond acceptors (Lipinski definition) is 7. The third kappa shape index (κ3) is 5.06. The lowest BCUT2D eigenvalue weighted by atomic mass is 10.2. The van der Waals surface area contributed by atoms with Gasteiger partial charge in [-0.3, -0.25) is 4.79 Å². The van der Waals surface area contributed by atoms with Gasteiger partial charge in [0.1, 0.15) is 16.5 Å². The van der Waals surface area contributed by atoms with E-state index in [4.69, 9.17) is 9.47 Å². The number of aromatic nitrogens is 2. The van der Waals surface area contributed by atoms with Crippen molar-refractivity contribution in [2.45, 2.75) is 18.9 Å². The van der Waals surface area contributed by atoms with E-state index in [2.05, 4.69) is 20.8 Å². The summed E-state index contributed by atoms with van der Waals surface area (Å²) in [5.74, 6) is -1.62. The molecule has 34 heavy (non-hydrogen) atoms. The van der Waals surface area contributed by atoms with Crippen LogP contribution in [0.15, 0.2) is 36.4 Å². The van der Waals surface area contributed by atoms with Crippen LogP contribution in [-0.2, 0) is 0 Å². The Kier molecular flexibility index (Phi) is 6.87. The maximum Gasteiger partial charge on any atom is 0.322 e. The van der Waals surface area contributed by atoms with Crippen molar-refractivity contribution in [2.24, 2.45) is 0 Å². The lowest BCUT2D eigenvalue weighted by Crippen LogP contribution is -2.34. The molecule has 2 N–H and O–H groups in total. The van der Waals surface area contributed by atoms with Crippen LogP contribution >= 0.6 is 11.3 Å². The smallest absolute Gasteiger partial charge is 0.322 e. The van der Waals surface area contributed by atoms with Gasteiger partial charge >= 0.3 is 6.03 Å². The topological polar surface area (TPSA) is 106 Å². The van der Waals surface area contributed by atoms with Gasteiger partial charge in [0.25, 0.3) is 5.91 Å². The molecular formula is C22H21F2N5O4S. The number of nitrogens with one attached hydrogen (secondary N) is 2. The highest BCUT2D eigenvalue weighted by Gasteiger charge is 2.33. The first-order valence-electron chi connectivity index (χ1n) is 10.3. The number of amides is 3. The first-order chi connectivity index (χ1) is 16.4. The van der Waals surface area contributed by atoms with Crippen molar-refractivity contribution in [1.29, 1.82) is 0 Å². The first-order valence-corrected chi connectivity index (χ1v) is 11.1. The maximum atomic E-state index is 13.4. The average Bonchev–Trinajstić information content (AvgIpc) is 3.51. The number of nitrogens with zero attached hydrogens (tertiary/aromatic N) is 3.